The third kappa shape index (κ3) is 2.70. The quantitative estimate of drug-likeness (QED) is 0.852. The predicted octanol–water partition coefficient (Wildman–Crippen LogP) is 1.30. The Morgan fingerprint density at radius 2 is 2.35 bits per heavy atom. The summed E-state index contributed by atoms with van der Waals surface area (Å²) >= 11 is 6.01. The lowest BCUT2D eigenvalue weighted by Crippen LogP contribution is -2.48. The highest BCUT2D eigenvalue weighted by molar-refractivity contribution is 6.34. The van der Waals surface area contributed by atoms with Crippen molar-refractivity contribution in [1.82, 2.24) is 10.6 Å². The van der Waals surface area contributed by atoms with Crippen molar-refractivity contribution >= 4 is 17.5 Å². The zero-order valence-electron chi connectivity index (χ0n) is 9.63. The number of carbonyl (C=O) groups excluding carboxylic acids is 1. The van der Waals surface area contributed by atoms with Gasteiger partial charge in [0.15, 0.2) is 0 Å². The molecule has 1 aromatic rings. The van der Waals surface area contributed by atoms with Gasteiger partial charge in [-0.2, -0.15) is 0 Å². The van der Waals surface area contributed by atoms with E-state index in [-0.39, 0.29) is 5.91 Å². The van der Waals surface area contributed by atoms with Gasteiger partial charge in [-0.1, -0.05) is 17.7 Å². The minimum Gasteiger partial charge on any atom is -0.496 e. The molecule has 0 spiro atoms. The van der Waals surface area contributed by atoms with Crippen LogP contribution in [0.1, 0.15) is 10.4 Å². The summed E-state index contributed by atoms with van der Waals surface area (Å²) in [5.74, 6) is 0.841. The average molecular weight is 255 g/mol. The monoisotopic (exact) mass is 254 g/mol. The summed E-state index contributed by atoms with van der Waals surface area (Å²) in [6, 6.07) is 5.17. The van der Waals surface area contributed by atoms with Crippen molar-refractivity contribution in [2.45, 2.75) is 0 Å². The van der Waals surface area contributed by atoms with E-state index >= 15 is 0 Å². The van der Waals surface area contributed by atoms with Crippen molar-refractivity contribution in [3.05, 3.63) is 28.8 Å². The molecule has 1 saturated heterocycles. The Balaban J connectivity index is 2.06. The molecule has 4 nitrogen and oxygen atoms in total. The van der Waals surface area contributed by atoms with E-state index in [4.69, 9.17) is 16.3 Å². The van der Waals surface area contributed by atoms with Crippen molar-refractivity contribution < 1.29 is 9.53 Å². The molecule has 17 heavy (non-hydrogen) atoms. The molecule has 1 aliphatic rings. The predicted molar refractivity (Wildman–Crippen MR) is 66.7 cm³/mol. The molecule has 1 heterocycles. The van der Waals surface area contributed by atoms with Crippen LogP contribution in [0.15, 0.2) is 18.2 Å². The Morgan fingerprint density at radius 1 is 1.59 bits per heavy atom. The maximum absolute atomic E-state index is 12.0. The Kier molecular flexibility index (Phi) is 3.86. The smallest absolute Gasteiger partial charge is 0.256 e. The summed E-state index contributed by atoms with van der Waals surface area (Å²) < 4.78 is 5.14. The number of hydrogen-bond donors (Lipinski definition) is 2. The number of benzene rings is 1. The number of ether oxygens (including phenoxy) is 1. The lowest BCUT2D eigenvalue weighted by atomic mass is 10.0. The molecule has 2 N–H and O–H groups in total. The maximum Gasteiger partial charge on any atom is 0.256 e. The van der Waals surface area contributed by atoms with Crippen LogP contribution >= 0.6 is 11.6 Å². The van der Waals surface area contributed by atoms with E-state index in [1.807, 2.05) is 0 Å². The van der Waals surface area contributed by atoms with E-state index in [9.17, 15) is 4.79 Å². The number of rotatable bonds is 4. The number of nitrogens with one attached hydrogen (secondary N) is 2. The van der Waals surface area contributed by atoms with E-state index in [1.54, 1.807) is 18.2 Å². The second-order valence-electron chi connectivity index (χ2n) is 4.05. The molecule has 0 radical (unpaired) electrons. The summed E-state index contributed by atoms with van der Waals surface area (Å²) in [6.45, 7) is 2.58. The van der Waals surface area contributed by atoms with Crippen molar-refractivity contribution in [2.75, 3.05) is 26.7 Å². The summed E-state index contributed by atoms with van der Waals surface area (Å²) in [5, 5.41) is 6.44. The summed E-state index contributed by atoms with van der Waals surface area (Å²) in [4.78, 5) is 12.0. The van der Waals surface area contributed by atoms with E-state index in [0.29, 0.717) is 28.8 Å². The van der Waals surface area contributed by atoms with Crippen LogP contribution in [0.2, 0.25) is 5.02 Å². The number of amides is 1. The molecule has 1 aliphatic heterocycles. The van der Waals surface area contributed by atoms with Crippen LogP contribution in [0.5, 0.6) is 5.75 Å². The van der Waals surface area contributed by atoms with Crippen molar-refractivity contribution in [1.29, 1.82) is 0 Å². The first-order valence-corrected chi connectivity index (χ1v) is 5.91. The van der Waals surface area contributed by atoms with E-state index in [0.717, 1.165) is 13.1 Å². The molecule has 0 aliphatic carbocycles. The molecule has 0 atom stereocenters. The minimum atomic E-state index is -0.181. The second kappa shape index (κ2) is 5.38. The molecule has 1 fully saturated rings. The average Bonchev–Trinajstić information content (AvgIpc) is 2.26. The second-order valence-corrected chi connectivity index (χ2v) is 4.46. The van der Waals surface area contributed by atoms with Gasteiger partial charge in [0.2, 0.25) is 0 Å². The van der Waals surface area contributed by atoms with Gasteiger partial charge in [0, 0.05) is 25.6 Å². The highest BCUT2D eigenvalue weighted by Gasteiger charge is 2.20. The molecular formula is C12H15ClN2O2. The molecule has 1 amide bonds. The molecule has 5 heteroatoms. The third-order valence-electron chi connectivity index (χ3n) is 2.84. The summed E-state index contributed by atoms with van der Waals surface area (Å²) in [5.41, 5.74) is 0.406. The molecule has 0 aromatic heterocycles. The van der Waals surface area contributed by atoms with Gasteiger partial charge in [-0.3, -0.25) is 4.79 Å². The topological polar surface area (TPSA) is 50.4 Å². The van der Waals surface area contributed by atoms with Crippen LogP contribution in [0, 0.1) is 5.92 Å². The molecular weight excluding hydrogens is 240 g/mol. The van der Waals surface area contributed by atoms with Crippen LogP contribution in [0.3, 0.4) is 0 Å². The van der Waals surface area contributed by atoms with E-state index in [1.165, 1.54) is 7.11 Å². The fourth-order valence-corrected chi connectivity index (χ4v) is 1.96. The Hall–Kier alpha value is -1.26. The zero-order chi connectivity index (χ0) is 12.3. The fourth-order valence-electron chi connectivity index (χ4n) is 1.71. The normalized spacial score (nSPS) is 15.2. The first kappa shape index (κ1) is 12.2. The van der Waals surface area contributed by atoms with Crippen molar-refractivity contribution in [3.8, 4) is 5.75 Å². The van der Waals surface area contributed by atoms with Gasteiger partial charge in [-0.05, 0) is 12.1 Å². The Labute approximate surface area is 105 Å². The highest BCUT2D eigenvalue weighted by Crippen LogP contribution is 2.25. The van der Waals surface area contributed by atoms with Crippen LogP contribution in [0.25, 0.3) is 0 Å². The number of halogens is 1. The van der Waals surface area contributed by atoms with Gasteiger partial charge in [0.1, 0.15) is 5.75 Å². The summed E-state index contributed by atoms with van der Waals surface area (Å²) in [7, 11) is 1.53. The number of hydrogen-bond acceptors (Lipinski definition) is 3. The molecule has 0 saturated carbocycles. The first-order chi connectivity index (χ1) is 8.22. The van der Waals surface area contributed by atoms with Crippen LogP contribution in [-0.2, 0) is 0 Å². The molecule has 92 valence electrons. The molecule has 0 bridgehead atoms. The van der Waals surface area contributed by atoms with Crippen LogP contribution < -0.4 is 15.4 Å². The van der Waals surface area contributed by atoms with Gasteiger partial charge in [0.25, 0.3) is 5.91 Å². The molecule has 1 aromatic carbocycles. The van der Waals surface area contributed by atoms with Gasteiger partial charge in [0.05, 0.1) is 17.7 Å². The number of carbonyl (C=O) groups is 1. The van der Waals surface area contributed by atoms with E-state index in [2.05, 4.69) is 10.6 Å². The molecule has 2 rings (SSSR count). The van der Waals surface area contributed by atoms with E-state index < -0.39 is 0 Å². The SMILES string of the molecule is COc1cccc(Cl)c1C(=O)NCC1CNC1. The lowest BCUT2D eigenvalue weighted by molar-refractivity contribution is 0.0939. The minimum absolute atomic E-state index is 0.181. The van der Waals surface area contributed by atoms with Gasteiger partial charge in [-0.25, -0.2) is 0 Å². The standard InChI is InChI=1S/C12H15ClN2O2/c1-17-10-4-2-3-9(13)11(10)12(16)15-7-8-5-14-6-8/h2-4,8,14H,5-7H2,1H3,(H,15,16). The zero-order valence-corrected chi connectivity index (χ0v) is 10.4. The first-order valence-electron chi connectivity index (χ1n) is 5.53. The lowest BCUT2D eigenvalue weighted by Gasteiger charge is -2.27. The largest absolute Gasteiger partial charge is 0.496 e. The molecule has 0 unspecified atom stereocenters. The highest BCUT2D eigenvalue weighted by atomic mass is 35.5. The third-order valence-corrected chi connectivity index (χ3v) is 3.15. The van der Waals surface area contributed by atoms with Crippen molar-refractivity contribution in [3.63, 3.8) is 0 Å². The van der Waals surface area contributed by atoms with Gasteiger partial charge < -0.3 is 15.4 Å². The fraction of sp³-hybridized carbons (Fsp3) is 0.417. The van der Waals surface area contributed by atoms with Gasteiger partial charge >= 0.3 is 0 Å². The maximum atomic E-state index is 12.0. The van der Waals surface area contributed by atoms with Crippen molar-refractivity contribution in [2.24, 2.45) is 5.92 Å². The Morgan fingerprint density at radius 3 is 2.94 bits per heavy atom. The van der Waals surface area contributed by atoms with Gasteiger partial charge in [-0.15, -0.1) is 0 Å². The summed E-state index contributed by atoms with van der Waals surface area (Å²) in [6.07, 6.45) is 0. The number of methoxy groups -OCH3 is 1. The van der Waals surface area contributed by atoms with Crippen LogP contribution in [-0.4, -0.2) is 32.7 Å². The Bertz CT molecular complexity index is 419. The van der Waals surface area contributed by atoms with Crippen LogP contribution in [0.4, 0.5) is 0 Å².